The molecular formula is C26H19ClN10O3. The lowest BCUT2D eigenvalue weighted by atomic mass is 10.0. The van der Waals surface area contributed by atoms with Crippen molar-refractivity contribution in [1.29, 1.82) is 0 Å². The molecular weight excluding hydrogens is 536 g/mol. The first kappa shape index (κ1) is 24.9. The summed E-state index contributed by atoms with van der Waals surface area (Å²) in [6.45, 7) is 0. The van der Waals surface area contributed by atoms with Gasteiger partial charge in [-0.15, -0.1) is 10.2 Å². The molecule has 1 unspecified atom stereocenters. The van der Waals surface area contributed by atoms with E-state index >= 15 is 0 Å². The normalized spacial score (nSPS) is 11.9. The van der Waals surface area contributed by atoms with Gasteiger partial charge in [-0.2, -0.15) is 14.5 Å². The van der Waals surface area contributed by atoms with E-state index in [-0.39, 0.29) is 5.56 Å². The summed E-state index contributed by atoms with van der Waals surface area (Å²) in [6, 6.07) is 14.5. The molecule has 2 aromatic carbocycles. The molecule has 1 N–H and O–H groups in total. The molecule has 0 aliphatic carbocycles. The van der Waals surface area contributed by atoms with Gasteiger partial charge in [-0.05, 0) is 52.4 Å². The molecule has 0 fully saturated rings. The molecule has 40 heavy (non-hydrogen) atoms. The van der Waals surface area contributed by atoms with E-state index in [1.165, 1.54) is 29.3 Å². The highest BCUT2D eigenvalue weighted by Gasteiger charge is 2.29. The number of halogens is 1. The number of hydrogen-bond donors (Lipinski definition) is 1. The van der Waals surface area contributed by atoms with Crippen molar-refractivity contribution in [1.82, 2.24) is 45.0 Å². The highest BCUT2D eigenvalue weighted by molar-refractivity contribution is 6.31. The molecule has 0 amide bonds. The molecule has 0 aliphatic heterocycles. The van der Waals surface area contributed by atoms with Crippen LogP contribution >= 0.6 is 11.6 Å². The summed E-state index contributed by atoms with van der Waals surface area (Å²) in [5.74, 6) is -1.00. The van der Waals surface area contributed by atoms with Crippen molar-refractivity contribution in [2.24, 2.45) is 7.05 Å². The SMILES string of the molecule is Cn1cc(C(c2ccc(-c3cc(Cl)ccc3-n3cnnn3)c[n+]2[O-])n2cc(-c3ccc(C(=O)O)cc3)cn2)nn1. The summed E-state index contributed by atoms with van der Waals surface area (Å²) in [7, 11) is 1.74. The zero-order valence-electron chi connectivity index (χ0n) is 20.8. The Balaban J connectivity index is 1.41. The first-order valence-corrected chi connectivity index (χ1v) is 12.3. The van der Waals surface area contributed by atoms with Gasteiger partial charge < -0.3 is 10.3 Å². The van der Waals surface area contributed by atoms with Crippen LogP contribution in [-0.4, -0.2) is 56.1 Å². The zero-order chi connectivity index (χ0) is 27.8. The number of rotatable bonds is 7. The molecule has 1 atom stereocenters. The van der Waals surface area contributed by atoms with Crippen molar-refractivity contribution in [3.05, 3.63) is 113 Å². The lowest BCUT2D eigenvalue weighted by Gasteiger charge is -2.16. The van der Waals surface area contributed by atoms with Crippen molar-refractivity contribution >= 4 is 17.6 Å². The van der Waals surface area contributed by atoms with E-state index in [0.717, 1.165) is 15.9 Å². The van der Waals surface area contributed by atoms with E-state index < -0.39 is 12.0 Å². The number of carbonyl (C=O) groups is 1. The van der Waals surface area contributed by atoms with E-state index in [4.69, 9.17) is 11.6 Å². The molecule has 0 radical (unpaired) electrons. The Hall–Kier alpha value is -5.43. The van der Waals surface area contributed by atoms with Crippen LogP contribution in [0.2, 0.25) is 5.02 Å². The fourth-order valence-electron chi connectivity index (χ4n) is 4.42. The third-order valence-corrected chi connectivity index (χ3v) is 6.56. The molecule has 4 aromatic heterocycles. The van der Waals surface area contributed by atoms with Crippen LogP contribution in [0.15, 0.2) is 85.7 Å². The standard InChI is InChI=1S/C26H19ClN10O3/c1-34-14-22(30-32-34)25(35-12-19(11-29-35)16-2-4-17(5-3-16)26(38)39)24-8-6-18(13-37(24)40)21-10-20(27)7-9-23(21)36-15-28-31-33-36/h2-15,25H,1H3,(H,38,39). The van der Waals surface area contributed by atoms with Gasteiger partial charge in [-0.3, -0.25) is 9.36 Å². The maximum Gasteiger partial charge on any atom is 0.335 e. The van der Waals surface area contributed by atoms with Gasteiger partial charge in [0, 0.05) is 41.0 Å². The van der Waals surface area contributed by atoms with E-state index in [1.54, 1.807) is 71.4 Å². The molecule has 0 spiro atoms. The lowest BCUT2D eigenvalue weighted by molar-refractivity contribution is -0.615. The fraction of sp³-hybridized carbons (Fsp3) is 0.0769. The lowest BCUT2D eigenvalue weighted by Crippen LogP contribution is -2.36. The van der Waals surface area contributed by atoms with Gasteiger partial charge in [0.05, 0.1) is 23.6 Å². The number of tetrazole rings is 1. The van der Waals surface area contributed by atoms with Crippen LogP contribution < -0.4 is 4.73 Å². The number of aromatic nitrogens is 10. The Bertz CT molecular complexity index is 1830. The highest BCUT2D eigenvalue weighted by atomic mass is 35.5. The maximum absolute atomic E-state index is 13.6. The van der Waals surface area contributed by atoms with Crippen LogP contribution in [0.3, 0.4) is 0 Å². The Morgan fingerprint density at radius 2 is 1.82 bits per heavy atom. The van der Waals surface area contributed by atoms with E-state index in [2.05, 4.69) is 30.9 Å². The number of benzene rings is 2. The molecule has 198 valence electrons. The van der Waals surface area contributed by atoms with Gasteiger partial charge in [0.15, 0.2) is 12.2 Å². The van der Waals surface area contributed by atoms with Gasteiger partial charge >= 0.3 is 5.97 Å². The minimum Gasteiger partial charge on any atom is -0.618 e. The summed E-state index contributed by atoms with van der Waals surface area (Å²) in [4.78, 5) is 11.2. The molecule has 0 bridgehead atoms. The number of pyridine rings is 1. The fourth-order valence-corrected chi connectivity index (χ4v) is 4.59. The molecule has 6 aromatic rings. The van der Waals surface area contributed by atoms with Crippen LogP contribution in [0.25, 0.3) is 27.9 Å². The van der Waals surface area contributed by atoms with Crippen LogP contribution in [0.1, 0.15) is 27.8 Å². The summed E-state index contributed by atoms with van der Waals surface area (Å²) >= 11 is 6.28. The monoisotopic (exact) mass is 554 g/mol. The third kappa shape index (κ3) is 4.65. The molecule has 13 nitrogen and oxygen atoms in total. The van der Waals surface area contributed by atoms with Crippen LogP contribution in [-0.2, 0) is 7.05 Å². The predicted molar refractivity (Wildman–Crippen MR) is 141 cm³/mol. The highest BCUT2D eigenvalue weighted by Crippen LogP contribution is 2.31. The van der Waals surface area contributed by atoms with Crippen molar-refractivity contribution < 1.29 is 14.6 Å². The average molecular weight is 555 g/mol. The maximum atomic E-state index is 13.6. The van der Waals surface area contributed by atoms with Gasteiger partial charge in [0.1, 0.15) is 12.0 Å². The number of hydrogen-bond acceptors (Lipinski definition) is 8. The van der Waals surface area contributed by atoms with Crippen molar-refractivity contribution in [3.8, 4) is 27.9 Å². The number of nitrogens with zero attached hydrogens (tertiary/aromatic N) is 10. The quantitative estimate of drug-likeness (QED) is 0.231. The second-order valence-electron chi connectivity index (χ2n) is 8.90. The average Bonchev–Trinajstić information content (AvgIpc) is 3.73. The largest absolute Gasteiger partial charge is 0.618 e. The minimum atomic E-state index is -1.00. The van der Waals surface area contributed by atoms with Gasteiger partial charge in [-0.1, -0.05) is 28.9 Å². The molecule has 6 rings (SSSR count). The Morgan fingerprint density at radius 1 is 1.02 bits per heavy atom. The second kappa shape index (κ2) is 10.0. The smallest absolute Gasteiger partial charge is 0.335 e. The van der Waals surface area contributed by atoms with Crippen molar-refractivity contribution in [2.75, 3.05) is 0 Å². The first-order chi connectivity index (χ1) is 19.4. The Kier molecular flexibility index (Phi) is 6.24. The van der Waals surface area contributed by atoms with Crippen LogP contribution in [0.5, 0.6) is 0 Å². The predicted octanol–water partition coefficient (Wildman–Crippen LogP) is 2.94. The summed E-state index contributed by atoms with van der Waals surface area (Å²) in [5, 5.41) is 47.4. The minimum absolute atomic E-state index is 0.184. The topological polar surface area (TPSA) is 156 Å². The summed E-state index contributed by atoms with van der Waals surface area (Å²) < 4.78 is 5.43. The molecule has 4 heterocycles. The number of carboxylic acid groups (broad SMARTS) is 1. The summed E-state index contributed by atoms with van der Waals surface area (Å²) in [5.41, 5.74) is 4.48. The Morgan fingerprint density at radius 3 is 2.50 bits per heavy atom. The Labute approximate surface area is 231 Å². The van der Waals surface area contributed by atoms with E-state index in [1.807, 2.05) is 6.07 Å². The van der Waals surface area contributed by atoms with Crippen LogP contribution in [0, 0.1) is 5.21 Å². The van der Waals surface area contributed by atoms with Gasteiger partial charge in [0.2, 0.25) is 5.69 Å². The van der Waals surface area contributed by atoms with Crippen LogP contribution in [0.4, 0.5) is 0 Å². The van der Waals surface area contributed by atoms with E-state index in [9.17, 15) is 15.1 Å². The summed E-state index contributed by atoms with van der Waals surface area (Å²) in [6.07, 6.45) is 8.05. The number of carboxylic acids is 1. The van der Waals surface area contributed by atoms with Gasteiger partial charge in [0.25, 0.3) is 0 Å². The van der Waals surface area contributed by atoms with Gasteiger partial charge in [-0.25, -0.2) is 4.79 Å². The second-order valence-corrected chi connectivity index (χ2v) is 9.33. The molecule has 14 heteroatoms. The molecule has 0 saturated heterocycles. The van der Waals surface area contributed by atoms with Crippen molar-refractivity contribution in [2.45, 2.75) is 6.04 Å². The zero-order valence-corrected chi connectivity index (χ0v) is 21.5. The van der Waals surface area contributed by atoms with Crippen molar-refractivity contribution in [3.63, 3.8) is 0 Å². The first-order valence-electron chi connectivity index (χ1n) is 11.9. The third-order valence-electron chi connectivity index (χ3n) is 6.32. The molecule has 0 saturated carbocycles. The number of aryl methyl sites for hydroxylation is 1. The van der Waals surface area contributed by atoms with E-state index in [0.29, 0.717) is 33.2 Å². The molecule has 0 aliphatic rings. The number of aromatic carboxylic acids is 1.